The van der Waals surface area contributed by atoms with Crippen molar-refractivity contribution in [2.45, 2.75) is 67.0 Å². The van der Waals surface area contributed by atoms with Gasteiger partial charge in [-0.15, -0.1) is 0 Å². The molecule has 0 amide bonds. The Morgan fingerprint density at radius 1 is 0.792 bits per heavy atom. The van der Waals surface area contributed by atoms with Crippen molar-refractivity contribution in [2.75, 3.05) is 46.8 Å². The van der Waals surface area contributed by atoms with Crippen molar-refractivity contribution < 1.29 is 28.8 Å². The van der Waals surface area contributed by atoms with Crippen LogP contribution in [0, 0.1) is 0 Å². The Morgan fingerprint density at radius 2 is 1.17 bits per heavy atom. The molecule has 5 unspecified atom stereocenters. The van der Waals surface area contributed by atoms with Crippen LogP contribution in [0.4, 0.5) is 0 Å². The monoisotopic (exact) mass is 375 g/mol. The largest absolute Gasteiger partial charge is 0.391 e. The molecule has 0 aromatic rings. The summed E-state index contributed by atoms with van der Waals surface area (Å²) in [5, 5.41) is 9.06. The molecule has 0 aromatic carbocycles. The summed E-state index contributed by atoms with van der Waals surface area (Å²) in [6.07, 6.45) is -0.328. The molecule has 0 radical (unpaired) electrons. The van der Waals surface area contributed by atoms with E-state index in [0.717, 1.165) is 0 Å². The molecule has 152 valence electrons. The van der Waals surface area contributed by atoms with E-state index in [0.29, 0.717) is 39.6 Å². The zero-order chi connectivity index (χ0) is 18.1. The summed E-state index contributed by atoms with van der Waals surface area (Å²) < 4.78 is 32.6. The molecular weight excluding hydrogens is 331 g/mol. The summed E-state index contributed by atoms with van der Waals surface area (Å²) in [6, 6.07) is 0. The Balaban J connectivity index is -0.000000530. The third-order valence-corrected chi connectivity index (χ3v) is 2.71. The highest BCUT2D eigenvalue weighted by atomic mass is 31.0. The van der Waals surface area contributed by atoms with Gasteiger partial charge in [0, 0.05) is 7.11 Å². The van der Waals surface area contributed by atoms with E-state index in [1.165, 1.54) is 0 Å². The van der Waals surface area contributed by atoms with Crippen LogP contribution >= 0.6 is 9.84 Å². The summed E-state index contributed by atoms with van der Waals surface area (Å²) in [5.41, 5.74) is 0. The topological polar surface area (TPSA) is 66.4 Å². The highest BCUT2D eigenvalue weighted by Crippen LogP contribution is 1.97. The van der Waals surface area contributed by atoms with Crippen LogP contribution in [-0.2, 0) is 23.7 Å². The molecule has 24 heavy (non-hydrogen) atoms. The van der Waals surface area contributed by atoms with Gasteiger partial charge in [-0.1, -0.05) is 14.9 Å². The number of aliphatic hydroxyl groups excluding tert-OH is 1. The molecule has 0 spiro atoms. The summed E-state index contributed by atoms with van der Waals surface area (Å²) in [4.78, 5) is 0. The van der Waals surface area contributed by atoms with Crippen molar-refractivity contribution in [1.82, 2.24) is 0 Å². The first-order valence-electron chi connectivity index (χ1n) is 8.13. The zero-order valence-corrected chi connectivity index (χ0v) is 15.8. The number of methoxy groups -OCH3 is 1. The van der Waals surface area contributed by atoms with E-state index in [1.54, 1.807) is 23.9 Å². The molecule has 0 aliphatic rings. The molecule has 5 atom stereocenters. The van der Waals surface area contributed by atoms with Crippen LogP contribution in [0.25, 0.3) is 0 Å². The van der Waals surface area contributed by atoms with Gasteiger partial charge in [-0.3, -0.25) is 0 Å². The van der Waals surface area contributed by atoms with Gasteiger partial charge in [-0.05, 0) is 27.7 Å². The molecular formula is C17H43O6P. The quantitative estimate of drug-likeness (QED) is 0.372. The lowest BCUT2D eigenvalue weighted by atomic mass is 10.4. The molecule has 1 N–H and O–H groups in total. The van der Waals surface area contributed by atoms with Crippen LogP contribution in [0.3, 0.4) is 0 Å². The lowest BCUT2D eigenvalue weighted by molar-refractivity contribution is -0.0701. The predicted molar refractivity (Wildman–Crippen MR) is 105 cm³/mol. The van der Waals surface area contributed by atoms with Crippen LogP contribution in [0.1, 0.15) is 42.5 Å². The highest BCUT2D eigenvalue weighted by Gasteiger charge is 2.07. The normalized spacial score (nSPS) is 15.5. The second-order valence-electron chi connectivity index (χ2n) is 5.33. The first-order chi connectivity index (χ1) is 11.0. The van der Waals surface area contributed by atoms with E-state index in [9.17, 15) is 0 Å². The van der Waals surface area contributed by atoms with Crippen molar-refractivity contribution >= 4 is 9.84 Å². The van der Waals surface area contributed by atoms with Crippen molar-refractivity contribution in [3.63, 3.8) is 0 Å². The molecule has 0 aliphatic carbocycles. The van der Waals surface area contributed by atoms with Crippen LogP contribution in [-0.4, -0.2) is 77.6 Å². The van der Waals surface area contributed by atoms with Gasteiger partial charge in [0.1, 0.15) is 0 Å². The zero-order valence-electron chi connectivity index (χ0n) is 15.6. The van der Waals surface area contributed by atoms with Gasteiger partial charge in [0.25, 0.3) is 0 Å². The van der Waals surface area contributed by atoms with Crippen molar-refractivity contribution in [3.05, 3.63) is 0 Å². The van der Waals surface area contributed by atoms with Gasteiger partial charge in [0.05, 0.1) is 65.3 Å². The minimum absolute atomic E-state index is 0. The number of ether oxygens (including phenoxy) is 5. The molecule has 0 heterocycles. The van der Waals surface area contributed by atoms with Gasteiger partial charge in [-0.25, -0.2) is 0 Å². The molecule has 0 aromatic heterocycles. The maximum Gasteiger partial charge on any atom is 0.0781 e. The van der Waals surface area contributed by atoms with E-state index in [-0.39, 0.29) is 33.2 Å². The number of hydrogen-bond acceptors (Lipinski definition) is 6. The fourth-order valence-corrected chi connectivity index (χ4v) is 1.47. The molecule has 0 bridgehead atoms. The van der Waals surface area contributed by atoms with E-state index in [1.807, 2.05) is 20.8 Å². The predicted octanol–water partition coefficient (Wildman–Crippen LogP) is 2.58. The first kappa shape index (κ1) is 29.0. The summed E-state index contributed by atoms with van der Waals surface area (Å²) >= 11 is 0. The molecule has 0 fully saturated rings. The highest BCUT2D eigenvalue weighted by molar-refractivity contribution is 6.92. The second-order valence-corrected chi connectivity index (χ2v) is 5.33. The minimum atomic E-state index is -0.442. The number of hydrogen-bond donors (Lipinski definition) is 1. The Labute approximate surface area is 154 Å². The van der Waals surface area contributed by atoms with Gasteiger partial charge in [-0.2, -0.15) is 9.84 Å². The lowest BCUT2D eigenvalue weighted by Gasteiger charge is -2.17. The third kappa shape index (κ3) is 22.2. The second kappa shape index (κ2) is 21.2. The Morgan fingerprint density at radius 3 is 1.54 bits per heavy atom. The van der Waals surface area contributed by atoms with Crippen LogP contribution < -0.4 is 0 Å². The maximum atomic E-state index is 9.06. The average Bonchev–Trinajstić information content (AvgIpc) is 2.53. The van der Waals surface area contributed by atoms with Gasteiger partial charge >= 0.3 is 0 Å². The SMILES string of the molecule is C.C.COC(C)COCC(C)OCCOC(C)COCC(C)O.[2H]P. The number of aliphatic hydroxyl groups is 1. The summed E-state index contributed by atoms with van der Waals surface area (Å²) in [6.45, 7) is 10.5. The smallest absolute Gasteiger partial charge is 0.0781 e. The molecule has 0 aliphatic heterocycles. The number of rotatable bonds is 14. The molecule has 7 heteroatoms. The average molecular weight is 376 g/mol. The summed E-state index contributed by atoms with van der Waals surface area (Å²) in [5.74, 6) is 0. The third-order valence-electron chi connectivity index (χ3n) is 2.71. The fraction of sp³-hybridized carbons (Fsp3) is 1.00. The Kier molecular flexibility index (Phi) is 25.6. The van der Waals surface area contributed by atoms with Crippen molar-refractivity contribution in [2.24, 2.45) is 0 Å². The molecule has 6 nitrogen and oxygen atoms in total. The Bertz CT molecular complexity index is 237. The first-order valence-corrected chi connectivity index (χ1v) is 7.55. The van der Waals surface area contributed by atoms with E-state index < -0.39 is 6.10 Å². The van der Waals surface area contributed by atoms with Crippen molar-refractivity contribution in [1.29, 1.82) is 1.28 Å². The molecule has 0 rings (SSSR count). The standard InChI is InChI=1S/C15H32O6.2CH4.H3P/c1-12(16)8-18-10-14(3)20-6-7-21-15(4)11-19-9-13(2)17-5;;;/h12-16H,6-11H2,1-5H3;2*1H4;1H3/i;;;1D. The van der Waals surface area contributed by atoms with Gasteiger partial charge < -0.3 is 28.8 Å². The summed E-state index contributed by atoms with van der Waals surface area (Å²) in [7, 11) is 3.33. The van der Waals surface area contributed by atoms with E-state index in [2.05, 4.69) is 0 Å². The van der Waals surface area contributed by atoms with E-state index in [4.69, 9.17) is 30.1 Å². The Hall–Kier alpha value is 0.190. The molecule has 0 saturated carbocycles. The lowest BCUT2D eigenvalue weighted by Crippen LogP contribution is -2.24. The molecule has 0 saturated heterocycles. The van der Waals surface area contributed by atoms with Gasteiger partial charge in [0.2, 0.25) is 0 Å². The van der Waals surface area contributed by atoms with Gasteiger partial charge in [0.15, 0.2) is 0 Å². The van der Waals surface area contributed by atoms with Crippen LogP contribution in [0.2, 0.25) is 0 Å². The van der Waals surface area contributed by atoms with Crippen LogP contribution in [0.15, 0.2) is 0 Å². The fourth-order valence-electron chi connectivity index (χ4n) is 1.47. The maximum absolute atomic E-state index is 9.06. The minimum Gasteiger partial charge on any atom is -0.391 e. The van der Waals surface area contributed by atoms with Crippen LogP contribution in [0.5, 0.6) is 0 Å². The van der Waals surface area contributed by atoms with E-state index >= 15 is 0 Å². The van der Waals surface area contributed by atoms with Crippen molar-refractivity contribution in [3.8, 4) is 0 Å².